The van der Waals surface area contributed by atoms with Gasteiger partial charge in [0.15, 0.2) is 0 Å². The van der Waals surface area contributed by atoms with Crippen LogP contribution in [0.25, 0.3) is 10.9 Å². The summed E-state index contributed by atoms with van der Waals surface area (Å²) in [6.07, 6.45) is 1.44. The fraction of sp³-hybridized carbons (Fsp3) is 0.100. The number of hydrogen-bond donors (Lipinski definition) is 2. The topological polar surface area (TPSA) is 62.6 Å². The number of pyridine rings is 1. The molecule has 16 heavy (non-hydrogen) atoms. The van der Waals surface area contributed by atoms with Gasteiger partial charge < -0.3 is 14.8 Å². The second kappa shape index (κ2) is 4.29. The van der Waals surface area contributed by atoms with Crippen LogP contribution in [0.1, 0.15) is 0 Å². The molecule has 0 saturated carbocycles. The highest BCUT2D eigenvalue weighted by molar-refractivity contribution is 6.63. The predicted octanol–water partition coefficient (Wildman–Crippen LogP) is 0.577. The Bertz CT molecular complexity index is 533. The third kappa shape index (κ3) is 1.85. The molecule has 0 saturated heterocycles. The molecule has 0 fully saturated rings. The first-order valence-corrected chi connectivity index (χ1v) is 4.99. The SMILES string of the molecule is COc1cnc2cc(Cl)ccc2c1B(O)O. The van der Waals surface area contributed by atoms with Crippen molar-refractivity contribution in [3.8, 4) is 5.75 Å². The van der Waals surface area contributed by atoms with E-state index in [1.807, 2.05) is 0 Å². The molecule has 82 valence electrons. The summed E-state index contributed by atoms with van der Waals surface area (Å²) >= 11 is 5.83. The van der Waals surface area contributed by atoms with E-state index in [9.17, 15) is 10.0 Å². The molecule has 2 rings (SSSR count). The molecule has 1 aromatic carbocycles. The van der Waals surface area contributed by atoms with Crippen LogP contribution in [0.4, 0.5) is 0 Å². The fourth-order valence-electron chi connectivity index (χ4n) is 1.60. The maximum atomic E-state index is 9.32. The summed E-state index contributed by atoms with van der Waals surface area (Å²) in [4.78, 5) is 4.12. The van der Waals surface area contributed by atoms with Gasteiger partial charge in [0.2, 0.25) is 0 Å². The van der Waals surface area contributed by atoms with Gasteiger partial charge in [-0.1, -0.05) is 17.7 Å². The zero-order valence-corrected chi connectivity index (χ0v) is 9.27. The van der Waals surface area contributed by atoms with Crippen molar-refractivity contribution in [2.45, 2.75) is 0 Å². The highest BCUT2D eigenvalue weighted by atomic mass is 35.5. The van der Waals surface area contributed by atoms with E-state index >= 15 is 0 Å². The van der Waals surface area contributed by atoms with Gasteiger partial charge in [0.25, 0.3) is 0 Å². The Kier molecular flexibility index (Phi) is 3.00. The van der Waals surface area contributed by atoms with E-state index in [0.29, 0.717) is 27.1 Å². The van der Waals surface area contributed by atoms with E-state index in [-0.39, 0.29) is 0 Å². The number of fused-ring (bicyclic) bond motifs is 1. The molecule has 0 unspecified atom stereocenters. The molecular formula is C10H9BClNO3. The zero-order valence-electron chi connectivity index (χ0n) is 8.51. The van der Waals surface area contributed by atoms with E-state index in [1.54, 1.807) is 18.2 Å². The van der Waals surface area contributed by atoms with Crippen LogP contribution < -0.4 is 10.2 Å². The van der Waals surface area contributed by atoms with Gasteiger partial charge >= 0.3 is 7.12 Å². The van der Waals surface area contributed by atoms with Crippen LogP contribution in [-0.4, -0.2) is 29.3 Å². The summed E-state index contributed by atoms with van der Waals surface area (Å²) < 4.78 is 5.03. The summed E-state index contributed by atoms with van der Waals surface area (Å²) in [7, 11) is -0.161. The van der Waals surface area contributed by atoms with E-state index in [1.165, 1.54) is 13.3 Å². The molecule has 2 aromatic rings. The minimum absolute atomic E-state index is 0.296. The molecule has 0 aliphatic carbocycles. The van der Waals surface area contributed by atoms with Crippen LogP contribution in [0.5, 0.6) is 5.75 Å². The average Bonchev–Trinajstić information content (AvgIpc) is 2.26. The number of aromatic nitrogens is 1. The predicted molar refractivity (Wildman–Crippen MR) is 63.1 cm³/mol. The lowest BCUT2D eigenvalue weighted by Crippen LogP contribution is -2.32. The molecular weight excluding hydrogens is 228 g/mol. The molecule has 0 amide bonds. The van der Waals surface area contributed by atoms with Crippen molar-refractivity contribution in [3.05, 3.63) is 29.4 Å². The minimum atomic E-state index is -1.61. The first-order chi connectivity index (χ1) is 7.63. The van der Waals surface area contributed by atoms with E-state index < -0.39 is 7.12 Å². The van der Waals surface area contributed by atoms with Crippen molar-refractivity contribution in [3.63, 3.8) is 0 Å². The molecule has 1 heterocycles. The van der Waals surface area contributed by atoms with Crippen LogP contribution >= 0.6 is 11.6 Å². The lowest BCUT2D eigenvalue weighted by molar-refractivity contribution is 0.403. The van der Waals surface area contributed by atoms with Crippen molar-refractivity contribution in [1.29, 1.82) is 0 Å². The fourth-order valence-corrected chi connectivity index (χ4v) is 1.77. The first-order valence-electron chi connectivity index (χ1n) is 4.61. The monoisotopic (exact) mass is 237 g/mol. The average molecular weight is 237 g/mol. The number of hydrogen-bond acceptors (Lipinski definition) is 4. The van der Waals surface area contributed by atoms with Crippen LogP contribution in [-0.2, 0) is 0 Å². The Hall–Kier alpha value is -1.30. The number of nitrogens with zero attached hydrogens (tertiary/aromatic N) is 1. The second-order valence-electron chi connectivity index (χ2n) is 3.28. The normalized spacial score (nSPS) is 10.5. The summed E-state index contributed by atoms with van der Waals surface area (Å²) in [5.41, 5.74) is 0.889. The number of rotatable bonds is 2. The van der Waals surface area contributed by atoms with Gasteiger partial charge in [-0.2, -0.15) is 0 Å². The van der Waals surface area contributed by atoms with Crippen molar-refractivity contribution in [1.82, 2.24) is 4.98 Å². The maximum absolute atomic E-state index is 9.32. The Morgan fingerprint density at radius 2 is 2.12 bits per heavy atom. The van der Waals surface area contributed by atoms with Gasteiger partial charge in [0.05, 0.1) is 18.8 Å². The molecule has 2 N–H and O–H groups in total. The third-order valence-electron chi connectivity index (χ3n) is 2.31. The molecule has 0 bridgehead atoms. The van der Waals surface area contributed by atoms with Gasteiger partial charge in [-0.05, 0) is 12.1 Å². The van der Waals surface area contributed by atoms with E-state index in [2.05, 4.69) is 4.98 Å². The van der Waals surface area contributed by atoms with E-state index in [4.69, 9.17) is 16.3 Å². The van der Waals surface area contributed by atoms with Gasteiger partial charge in [-0.15, -0.1) is 0 Å². The Morgan fingerprint density at radius 3 is 2.75 bits per heavy atom. The number of ether oxygens (including phenoxy) is 1. The summed E-state index contributed by atoms with van der Waals surface area (Å²) in [5.74, 6) is 0.338. The second-order valence-corrected chi connectivity index (χ2v) is 3.71. The van der Waals surface area contributed by atoms with Gasteiger partial charge in [0.1, 0.15) is 5.75 Å². The van der Waals surface area contributed by atoms with Crippen LogP contribution in [0, 0.1) is 0 Å². The Morgan fingerprint density at radius 1 is 1.38 bits per heavy atom. The van der Waals surface area contributed by atoms with Crippen molar-refractivity contribution >= 4 is 35.1 Å². The quantitative estimate of drug-likeness (QED) is 0.750. The molecule has 0 aliphatic rings. The molecule has 1 aromatic heterocycles. The van der Waals surface area contributed by atoms with Crippen molar-refractivity contribution in [2.75, 3.05) is 7.11 Å². The zero-order chi connectivity index (χ0) is 11.7. The summed E-state index contributed by atoms with van der Waals surface area (Å²) in [6.45, 7) is 0. The summed E-state index contributed by atoms with van der Waals surface area (Å²) in [6, 6.07) is 5.00. The number of halogens is 1. The Balaban J connectivity index is 2.79. The minimum Gasteiger partial charge on any atom is -0.495 e. The first kappa shape index (κ1) is 11.2. The highest BCUT2D eigenvalue weighted by Crippen LogP contribution is 2.19. The lowest BCUT2D eigenvalue weighted by Gasteiger charge is -2.10. The van der Waals surface area contributed by atoms with Gasteiger partial charge in [-0.3, -0.25) is 4.98 Å². The standard InChI is InChI=1S/C10H9BClNO3/c1-16-9-5-13-8-4-6(12)2-3-7(8)10(9)11(14)15/h2-5,14-15H,1H3. The number of benzene rings is 1. The van der Waals surface area contributed by atoms with Crippen LogP contribution in [0.15, 0.2) is 24.4 Å². The molecule has 0 spiro atoms. The molecule has 6 heteroatoms. The highest BCUT2D eigenvalue weighted by Gasteiger charge is 2.21. The molecule has 0 aliphatic heterocycles. The van der Waals surface area contributed by atoms with Gasteiger partial charge in [-0.25, -0.2) is 0 Å². The largest absolute Gasteiger partial charge is 0.495 e. The van der Waals surface area contributed by atoms with Crippen LogP contribution in [0.3, 0.4) is 0 Å². The lowest BCUT2D eigenvalue weighted by atomic mass is 9.77. The maximum Gasteiger partial charge on any atom is 0.493 e. The smallest absolute Gasteiger partial charge is 0.493 e. The van der Waals surface area contributed by atoms with Crippen molar-refractivity contribution in [2.24, 2.45) is 0 Å². The third-order valence-corrected chi connectivity index (χ3v) is 2.55. The summed E-state index contributed by atoms with van der Waals surface area (Å²) in [5, 5.41) is 19.8. The molecule has 4 nitrogen and oxygen atoms in total. The van der Waals surface area contributed by atoms with Crippen molar-refractivity contribution < 1.29 is 14.8 Å². The van der Waals surface area contributed by atoms with Gasteiger partial charge in [0, 0.05) is 15.9 Å². The van der Waals surface area contributed by atoms with Crippen LogP contribution in [0.2, 0.25) is 5.02 Å². The molecule has 0 radical (unpaired) electrons. The number of methoxy groups -OCH3 is 1. The molecule has 0 atom stereocenters. The van der Waals surface area contributed by atoms with E-state index in [0.717, 1.165) is 0 Å². The Labute approximate surface area is 97.6 Å².